The molecule has 0 fully saturated rings. The van der Waals surface area contributed by atoms with Crippen LogP contribution in [0.3, 0.4) is 0 Å². The van der Waals surface area contributed by atoms with E-state index in [1.807, 2.05) is 0 Å². The molecule has 0 amide bonds. The highest BCUT2D eigenvalue weighted by atomic mass is 32.2. The number of halogens is 1. The molecule has 0 saturated carbocycles. The van der Waals surface area contributed by atoms with Gasteiger partial charge in [-0.2, -0.15) is 5.10 Å². The van der Waals surface area contributed by atoms with E-state index in [4.69, 9.17) is 10.9 Å². The Morgan fingerprint density at radius 3 is 2.37 bits per heavy atom. The number of nitrogens with two attached hydrogens (primary N) is 2. The van der Waals surface area contributed by atoms with Crippen LogP contribution in [0.15, 0.2) is 23.1 Å². The molecule has 6 nitrogen and oxygen atoms in total. The van der Waals surface area contributed by atoms with Crippen LogP contribution in [0.5, 0.6) is 0 Å². The average molecular weight is 284 g/mol. The summed E-state index contributed by atoms with van der Waals surface area (Å²) >= 11 is 0. The molecular formula is C11H13FN4O2S. The zero-order valence-corrected chi connectivity index (χ0v) is 11.2. The minimum atomic E-state index is -3.93. The van der Waals surface area contributed by atoms with Crippen molar-refractivity contribution in [3.8, 4) is 5.69 Å². The van der Waals surface area contributed by atoms with Gasteiger partial charge in [0.25, 0.3) is 0 Å². The quantitative estimate of drug-likeness (QED) is 0.853. The molecule has 2 rings (SSSR count). The minimum absolute atomic E-state index is 0.115. The summed E-state index contributed by atoms with van der Waals surface area (Å²) in [4.78, 5) is -0.289. The van der Waals surface area contributed by atoms with Gasteiger partial charge in [-0.25, -0.2) is 22.6 Å². The number of benzene rings is 1. The van der Waals surface area contributed by atoms with Gasteiger partial charge >= 0.3 is 0 Å². The van der Waals surface area contributed by atoms with Gasteiger partial charge in [0.15, 0.2) is 0 Å². The maximum absolute atomic E-state index is 14.0. The van der Waals surface area contributed by atoms with Crippen LogP contribution in [0, 0.1) is 19.7 Å². The Bertz CT molecular complexity index is 752. The Balaban J connectivity index is 2.62. The van der Waals surface area contributed by atoms with E-state index in [-0.39, 0.29) is 10.6 Å². The Kier molecular flexibility index (Phi) is 3.07. The van der Waals surface area contributed by atoms with Crippen LogP contribution in [0.25, 0.3) is 5.69 Å². The van der Waals surface area contributed by atoms with E-state index < -0.39 is 15.8 Å². The Labute approximate surface area is 109 Å². The summed E-state index contributed by atoms with van der Waals surface area (Å²) in [5.74, 6) is -0.739. The second kappa shape index (κ2) is 4.32. The van der Waals surface area contributed by atoms with E-state index in [2.05, 4.69) is 5.10 Å². The smallest absolute Gasteiger partial charge is 0.238 e. The first-order chi connectivity index (χ1) is 8.71. The third kappa shape index (κ3) is 2.32. The monoisotopic (exact) mass is 284 g/mol. The number of anilines is 1. The van der Waals surface area contributed by atoms with Crippen molar-refractivity contribution in [2.75, 3.05) is 5.73 Å². The van der Waals surface area contributed by atoms with Crippen molar-refractivity contribution in [2.45, 2.75) is 18.7 Å². The van der Waals surface area contributed by atoms with Crippen molar-refractivity contribution in [1.29, 1.82) is 0 Å². The van der Waals surface area contributed by atoms with Crippen LogP contribution in [0.2, 0.25) is 0 Å². The molecule has 102 valence electrons. The lowest BCUT2D eigenvalue weighted by atomic mass is 10.3. The third-order valence-electron chi connectivity index (χ3n) is 2.82. The summed E-state index contributed by atoms with van der Waals surface area (Å²) in [7, 11) is -3.93. The van der Waals surface area contributed by atoms with Gasteiger partial charge in [0.1, 0.15) is 11.5 Å². The second-order valence-corrected chi connectivity index (χ2v) is 5.72. The molecule has 0 bridgehead atoms. The predicted molar refractivity (Wildman–Crippen MR) is 68.8 cm³/mol. The number of rotatable bonds is 2. The van der Waals surface area contributed by atoms with Crippen LogP contribution >= 0.6 is 0 Å². The number of hydrogen-bond donors (Lipinski definition) is 2. The molecule has 1 aromatic heterocycles. The zero-order valence-electron chi connectivity index (χ0n) is 10.4. The first kappa shape index (κ1) is 13.5. The van der Waals surface area contributed by atoms with Crippen molar-refractivity contribution in [1.82, 2.24) is 9.78 Å². The molecule has 1 heterocycles. The van der Waals surface area contributed by atoms with Gasteiger partial charge in [-0.05, 0) is 32.0 Å². The van der Waals surface area contributed by atoms with Crippen molar-refractivity contribution in [3.63, 3.8) is 0 Å². The fourth-order valence-electron chi connectivity index (χ4n) is 1.73. The summed E-state index contributed by atoms with van der Waals surface area (Å²) in [6.07, 6.45) is 0. The van der Waals surface area contributed by atoms with E-state index in [1.165, 1.54) is 16.8 Å². The van der Waals surface area contributed by atoms with Crippen LogP contribution < -0.4 is 10.9 Å². The Hall–Kier alpha value is -1.93. The maximum Gasteiger partial charge on any atom is 0.238 e. The summed E-state index contributed by atoms with van der Waals surface area (Å²) < 4.78 is 37.5. The lowest BCUT2D eigenvalue weighted by Crippen LogP contribution is -2.13. The molecule has 4 N–H and O–H groups in total. The fraction of sp³-hybridized carbons (Fsp3) is 0.182. The van der Waals surface area contributed by atoms with Gasteiger partial charge in [0, 0.05) is 0 Å². The molecule has 8 heteroatoms. The molecule has 0 saturated heterocycles. The van der Waals surface area contributed by atoms with Crippen LogP contribution in [-0.2, 0) is 10.0 Å². The zero-order chi connectivity index (χ0) is 14.4. The molecule has 0 unspecified atom stereocenters. The second-order valence-electron chi connectivity index (χ2n) is 4.15. The van der Waals surface area contributed by atoms with Crippen molar-refractivity contribution in [3.05, 3.63) is 35.4 Å². The number of nitrogens with zero attached hydrogens (tertiary/aromatic N) is 2. The first-order valence-electron chi connectivity index (χ1n) is 5.36. The normalized spacial score (nSPS) is 11.8. The highest BCUT2D eigenvalue weighted by Crippen LogP contribution is 2.23. The molecule has 0 spiro atoms. The van der Waals surface area contributed by atoms with E-state index in [0.717, 1.165) is 6.07 Å². The number of aromatic nitrogens is 2. The summed E-state index contributed by atoms with van der Waals surface area (Å²) in [5.41, 5.74) is 7.51. The molecule has 0 aliphatic rings. The van der Waals surface area contributed by atoms with E-state index in [9.17, 15) is 12.8 Å². The Morgan fingerprint density at radius 1 is 1.32 bits per heavy atom. The third-order valence-corrected chi connectivity index (χ3v) is 3.73. The molecule has 19 heavy (non-hydrogen) atoms. The number of sulfonamides is 1. The summed E-state index contributed by atoms with van der Waals surface area (Å²) in [6, 6.07) is 3.38. The van der Waals surface area contributed by atoms with Crippen molar-refractivity contribution in [2.24, 2.45) is 5.14 Å². The predicted octanol–water partition coefficient (Wildman–Crippen LogP) is 0.858. The standard InChI is InChI=1S/C11H13FN4O2S/c1-6-11(13)7(2)16(15-6)10-4-3-8(5-9(10)12)19(14,17)18/h3-5H,13H2,1-2H3,(H2,14,17,18). The van der Waals surface area contributed by atoms with Crippen LogP contribution in [-0.4, -0.2) is 18.2 Å². The maximum atomic E-state index is 14.0. The molecule has 0 radical (unpaired) electrons. The van der Waals surface area contributed by atoms with Gasteiger partial charge in [-0.15, -0.1) is 0 Å². The molecule has 1 aromatic carbocycles. The van der Waals surface area contributed by atoms with Crippen molar-refractivity contribution < 1.29 is 12.8 Å². The van der Waals surface area contributed by atoms with Gasteiger partial charge in [0.05, 0.1) is 22.0 Å². The SMILES string of the molecule is Cc1nn(-c2ccc(S(N)(=O)=O)cc2F)c(C)c1N. The number of nitrogen functional groups attached to an aromatic ring is 1. The summed E-state index contributed by atoms with van der Waals surface area (Å²) in [5, 5.41) is 9.04. The first-order valence-corrected chi connectivity index (χ1v) is 6.91. The molecule has 0 aliphatic heterocycles. The lowest BCUT2D eigenvalue weighted by molar-refractivity contribution is 0.587. The summed E-state index contributed by atoms with van der Waals surface area (Å²) in [6.45, 7) is 3.40. The number of primary sulfonamides is 1. The molecule has 0 atom stereocenters. The molecule has 0 aliphatic carbocycles. The van der Waals surface area contributed by atoms with Gasteiger partial charge in [-0.1, -0.05) is 0 Å². The highest BCUT2D eigenvalue weighted by molar-refractivity contribution is 7.89. The average Bonchev–Trinajstić information content (AvgIpc) is 2.56. The van der Waals surface area contributed by atoms with Gasteiger partial charge in [-0.3, -0.25) is 0 Å². The van der Waals surface area contributed by atoms with E-state index in [1.54, 1.807) is 13.8 Å². The van der Waals surface area contributed by atoms with Crippen molar-refractivity contribution >= 4 is 15.7 Å². The number of aryl methyl sites for hydroxylation is 1. The lowest BCUT2D eigenvalue weighted by Gasteiger charge is -2.07. The Morgan fingerprint density at radius 2 is 1.95 bits per heavy atom. The topological polar surface area (TPSA) is 104 Å². The minimum Gasteiger partial charge on any atom is -0.396 e. The highest BCUT2D eigenvalue weighted by Gasteiger charge is 2.16. The molecule has 2 aromatic rings. The fourth-order valence-corrected chi connectivity index (χ4v) is 2.25. The molecular weight excluding hydrogens is 271 g/mol. The van der Waals surface area contributed by atoms with Gasteiger partial charge < -0.3 is 5.73 Å². The van der Waals surface area contributed by atoms with E-state index >= 15 is 0 Å². The van der Waals surface area contributed by atoms with E-state index in [0.29, 0.717) is 17.1 Å². The van der Waals surface area contributed by atoms with Gasteiger partial charge in [0.2, 0.25) is 10.0 Å². The largest absolute Gasteiger partial charge is 0.396 e. The van der Waals surface area contributed by atoms with Crippen LogP contribution in [0.4, 0.5) is 10.1 Å². The number of hydrogen-bond acceptors (Lipinski definition) is 4. The van der Waals surface area contributed by atoms with Crippen LogP contribution in [0.1, 0.15) is 11.4 Å².